The fraction of sp³-hybridized carbons (Fsp3) is 0.412. The van der Waals surface area contributed by atoms with Crippen molar-refractivity contribution in [3.63, 3.8) is 0 Å². The second-order valence-corrected chi connectivity index (χ2v) is 6.00. The van der Waals surface area contributed by atoms with Gasteiger partial charge in [0.05, 0.1) is 0 Å². The van der Waals surface area contributed by atoms with Crippen molar-refractivity contribution < 1.29 is 4.74 Å². The first-order valence-corrected chi connectivity index (χ1v) is 8.17. The Morgan fingerprint density at radius 3 is 2.45 bits per heavy atom. The molecule has 0 aliphatic heterocycles. The van der Waals surface area contributed by atoms with Crippen LogP contribution in [-0.2, 0) is 6.42 Å². The summed E-state index contributed by atoms with van der Waals surface area (Å²) in [6, 6.07) is 12.5. The van der Waals surface area contributed by atoms with E-state index in [-0.39, 0.29) is 12.1 Å². The van der Waals surface area contributed by atoms with Gasteiger partial charge in [0.1, 0.15) is 11.9 Å². The molecule has 0 aliphatic rings. The van der Waals surface area contributed by atoms with Crippen LogP contribution in [-0.4, -0.2) is 6.04 Å². The van der Waals surface area contributed by atoms with Crippen molar-refractivity contribution in [2.24, 2.45) is 5.73 Å². The van der Waals surface area contributed by atoms with Crippen molar-refractivity contribution in [2.75, 3.05) is 0 Å². The first-order chi connectivity index (χ1) is 9.74. The molecular weight excluding hydrogens is 266 g/mol. The van der Waals surface area contributed by atoms with Gasteiger partial charge in [-0.3, -0.25) is 0 Å². The largest absolute Gasteiger partial charge is 0.483 e. The van der Waals surface area contributed by atoms with Crippen LogP contribution in [0.4, 0.5) is 0 Å². The monoisotopic (exact) mass is 289 g/mol. The number of aryl methyl sites for hydroxylation is 1. The van der Waals surface area contributed by atoms with Gasteiger partial charge in [-0.25, -0.2) is 0 Å². The quantitative estimate of drug-likeness (QED) is 0.811. The Morgan fingerprint density at radius 2 is 1.90 bits per heavy atom. The molecule has 1 aromatic carbocycles. The number of benzene rings is 1. The summed E-state index contributed by atoms with van der Waals surface area (Å²) in [4.78, 5) is 1.19. The molecule has 2 nitrogen and oxygen atoms in total. The average Bonchev–Trinajstić information content (AvgIpc) is 3.00. The molecule has 2 rings (SSSR count). The predicted molar refractivity (Wildman–Crippen MR) is 86.4 cm³/mol. The fourth-order valence-corrected chi connectivity index (χ4v) is 3.02. The van der Waals surface area contributed by atoms with E-state index >= 15 is 0 Å². The second-order valence-electron chi connectivity index (χ2n) is 5.02. The zero-order valence-electron chi connectivity index (χ0n) is 12.2. The molecule has 0 saturated heterocycles. The minimum Gasteiger partial charge on any atom is -0.483 e. The van der Waals surface area contributed by atoms with E-state index in [1.54, 1.807) is 11.3 Å². The van der Waals surface area contributed by atoms with Gasteiger partial charge in [0.2, 0.25) is 0 Å². The van der Waals surface area contributed by atoms with Crippen molar-refractivity contribution in [3.05, 3.63) is 52.2 Å². The summed E-state index contributed by atoms with van der Waals surface area (Å²) in [6.07, 6.45) is 3.12. The highest BCUT2D eigenvalue weighted by Crippen LogP contribution is 2.28. The molecule has 0 radical (unpaired) electrons. The Labute approximate surface area is 125 Å². The molecule has 1 heterocycles. The summed E-state index contributed by atoms with van der Waals surface area (Å²) in [5.41, 5.74) is 7.57. The van der Waals surface area contributed by atoms with Crippen LogP contribution in [0.25, 0.3) is 0 Å². The summed E-state index contributed by atoms with van der Waals surface area (Å²) >= 11 is 1.70. The number of thiophene rings is 1. The third kappa shape index (κ3) is 3.84. The smallest absolute Gasteiger partial charge is 0.148 e. The molecule has 2 aromatic rings. The highest BCUT2D eigenvalue weighted by molar-refractivity contribution is 7.10. The molecule has 0 amide bonds. The lowest BCUT2D eigenvalue weighted by atomic mass is 10.1. The molecule has 0 aliphatic carbocycles. The molecule has 2 unspecified atom stereocenters. The third-order valence-corrected chi connectivity index (χ3v) is 4.34. The van der Waals surface area contributed by atoms with Crippen molar-refractivity contribution in [2.45, 2.75) is 45.3 Å². The lowest BCUT2D eigenvalue weighted by molar-refractivity contribution is 0.174. The van der Waals surface area contributed by atoms with Gasteiger partial charge in [-0.1, -0.05) is 38.5 Å². The summed E-state index contributed by atoms with van der Waals surface area (Å²) in [7, 11) is 0. The molecule has 0 saturated carbocycles. The van der Waals surface area contributed by atoms with Gasteiger partial charge in [-0.2, -0.15) is 0 Å². The number of nitrogens with two attached hydrogens (primary N) is 1. The van der Waals surface area contributed by atoms with Crippen LogP contribution in [0.15, 0.2) is 41.8 Å². The summed E-state index contributed by atoms with van der Waals surface area (Å²) in [5.74, 6) is 0.896. The van der Waals surface area contributed by atoms with E-state index in [1.165, 1.54) is 16.9 Å². The normalized spacial score (nSPS) is 13.9. The Morgan fingerprint density at radius 1 is 1.15 bits per heavy atom. The molecule has 2 N–H and O–H groups in total. The summed E-state index contributed by atoms with van der Waals surface area (Å²) < 4.78 is 6.13. The van der Waals surface area contributed by atoms with Gasteiger partial charge in [0.25, 0.3) is 0 Å². The van der Waals surface area contributed by atoms with Crippen LogP contribution in [0.3, 0.4) is 0 Å². The third-order valence-electron chi connectivity index (χ3n) is 3.41. The van der Waals surface area contributed by atoms with Crippen LogP contribution in [0.2, 0.25) is 0 Å². The van der Waals surface area contributed by atoms with Crippen molar-refractivity contribution >= 4 is 11.3 Å². The van der Waals surface area contributed by atoms with Crippen molar-refractivity contribution in [1.82, 2.24) is 0 Å². The van der Waals surface area contributed by atoms with Gasteiger partial charge in [-0.15, -0.1) is 11.3 Å². The molecule has 3 heteroatoms. The number of ether oxygens (including phenoxy) is 1. The van der Waals surface area contributed by atoms with Gasteiger partial charge < -0.3 is 10.5 Å². The molecule has 108 valence electrons. The van der Waals surface area contributed by atoms with Crippen molar-refractivity contribution in [3.8, 4) is 5.75 Å². The van der Waals surface area contributed by atoms with Crippen molar-refractivity contribution in [1.29, 1.82) is 0 Å². The van der Waals surface area contributed by atoms with E-state index < -0.39 is 0 Å². The zero-order chi connectivity index (χ0) is 14.4. The second kappa shape index (κ2) is 7.46. The van der Waals surface area contributed by atoms with E-state index in [0.29, 0.717) is 0 Å². The maximum absolute atomic E-state index is 6.22. The molecule has 20 heavy (non-hydrogen) atoms. The lowest BCUT2D eigenvalue weighted by Gasteiger charge is -2.23. The Bertz CT molecular complexity index is 492. The van der Waals surface area contributed by atoms with Gasteiger partial charge >= 0.3 is 0 Å². The molecule has 2 atom stereocenters. The van der Waals surface area contributed by atoms with E-state index in [2.05, 4.69) is 37.4 Å². The van der Waals surface area contributed by atoms with Crippen LogP contribution in [0.5, 0.6) is 5.75 Å². The van der Waals surface area contributed by atoms with Gasteiger partial charge in [0, 0.05) is 10.9 Å². The molecular formula is C17H23NOS. The molecule has 0 fully saturated rings. The molecule has 0 bridgehead atoms. The summed E-state index contributed by atoms with van der Waals surface area (Å²) in [6.45, 7) is 4.29. The molecule has 0 spiro atoms. The van der Waals surface area contributed by atoms with Crippen LogP contribution in [0.1, 0.15) is 43.2 Å². The Hall–Kier alpha value is -1.32. The first-order valence-electron chi connectivity index (χ1n) is 7.29. The predicted octanol–water partition coefficient (Wildman–Crippen LogP) is 4.56. The standard InChI is InChI=1S/C17H23NOS/c1-3-6-13-8-10-14(11-9-13)19-17(15(18)4-2)16-7-5-12-20-16/h5,7-12,15,17H,3-4,6,18H2,1-2H3. The Balaban J connectivity index is 2.11. The Kier molecular flexibility index (Phi) is 5.62. The van der Waals surface area contributed by atoms with Gasteiger partial charge in [-0.05, 0) is 42.0 Å². The fourth-order valence-electron chi connectivity index (χ4n) is 2.19. The van der Waals surface area contributed by atoms with Crippen LogP contribution in [0, 0.1) is 0 Å². The maximum Gasteiger partial charge on any atom is 0.148 e. The van der Waals surface area contributed by atoms with Crippen LogP contribution < -0.4 is 10.5 Å². The average molecular weight is 289 g/mol. The minimum atomic E-state index is -0.0583. The SMILES string of the molecule is CCCc1ccc(OC(c2cccs2)C(N)CC)cc1. The van der Waals surface area contributed by atoms with E-state index in [1.807, 2.05) is 18.2 Å². The maximum atomic E-state index is 6.22. The van der Waals surface area contributed by atoms with E-state index in [9.17, 15) is 0 Å². The highest BCUT2D eigenvalue weighted by atomic mass is 32.1. The number of hydrogen-bond donors (Lipinski definition) is 1. The van der Waals surface area contributed by atoms with E-state index in [4.69, 9.17) is 10.5 Å². The van der Waals surface area contributed by atoms with E-state index in [0.717, 1.165) is 18.6 Å². The highest BCUT2D eigenvalue weighted by Gasteiger charge is 2.21. The summed E-state index contributed by atoms with van der Waals surface area (Å²) in [5, 5.41) is 2.07. The number of rotatable bonds is 7. The molecule has 1 aromatic heterocycles. The van der Waals surface area contributed by atoms with Crippen LogP contribution >= 0.6 is 11.3 Å². The minimum absolute atomic E-state index is 0.0176. The first kappa shape index (κ1) is 15.1. The van der Waals surface area contributed by atoms with Gasteiger partial charge in [0.15, 0.2) is 0 Å². The number of hydrogen-bond acceptors (Lipinski definition) is 3. The topological polar surface area (TPSA) is 35.2 Å². The zero-order valence-corrected chi connectivity index (χ0v) is 13.0. The lowest BCUT2D eigenvalue weighted by Crippen LogP contribution is -2.30.